The second kappa shape index (κ2) is 7.46. The summed E-state index contributed by atoms with van der Waals surface area (Å²) >= 11 is 0. The highest BCUT2D eigenvalue weighted by atomic mass is 16.1. The molecule has 1 amide bonds. The lowest BCUT2D eigenvalue weighted by Crippen LogP contribution is -2.13. The van der Waals surface area contributed by atoms with Gasteiger partial charge < -0.3 is 5.32 Å². The molecule has 0 spiro atoms. The standard InChI is InChI=1S/C23H21N3O/c1-17-11-13-18(14-12-17)24-23(27)16-15-22-25-20-9-5-6-10-21(20)26(22)19-7-3-2-4-8-19/h2-14H,15-16H2,1H3,(H,24,27). The zero-order valence-corrected chi connectivity index (χ0v) is 15.2. The molecule has 0 radical (unpaired) electrons. The molecule has 1 aromatic heterocycles. The summed E-state index contributed by atoms with van der Waals surface area (Å²) in [4.78, 5) is 17.1. The smallest absolute Gasteiger partial charge is 0.224 e. The van der Waals surface area contributed by atoms with E-state index in [2.05, 4.69) is 28.1 Å². The van der Waals surface area contributed by atoms with Crippen molar-refractivity contribution < 1.29 is 4.79 Å². The number of hydrogen-bond acceptors (Lipinski definition) is 2. The quantitative estimate of drug-likeness (QED) is 0.553. The van der Waals surface area contributed by atoms with Crippen LogP contribution in [0.25, 0.3) is 16.7 Å². The summed E-state index contributed by atoms with van der Waals surface area (Å²) in [5.74, 6) is 0.881. The van der Waals surface area contributed by atoms with Gasteiger partial charge >= 0.3 is 0 Å². The first-order valence-corrected chi connectivity index (χ1v) is 9.09. The maximum absolute atomic E-state index is 12.4. The normalized spacial score (nSPS) is 10.9. The first kappa shape index (κ1) is 17.0. The molecular weight excluding hydrogens is 334 g/mol. The number of hydrogen-bond donors (Lipinski definition) is 1. The number of carbonyl (C=O) groups is 1. The molecule has 0 unspecified atom stereocenters. The number of imidazole rings is 1. The average molecular weight is 355 g/mol. The Hall–Kier alpha value is -3.40. The van der Waals surface area contributed by atoms with E-state index in [0.29, 0.717) is 12.8 Å². The van der Waals surface area contributed by atoms with Gasteiger partial charge in [-0.3, -0.25) is 9.36 Å². The minimum absolute atomic E-state index is 0.00878. The maximum Gasteiger partial charge on any atom is 0.224 e. The highest BCUT2D eigenvalue weighted by Crippen LogP contribution is 2.22. The zero-order chi connectivity index (χ0) is 18.6. The van der Waals surface area contributed by atoms with Crippen molar-refractivity contribution in [3.63, 3.8) is 0 Å². The van der Waals surface area contributed by atoms with Gasteiger partial charge in [-0.05, 0) is 43.3 Å². The van der Waals surface area contributed by atoms with Crippen molar-refractivity contribution in [3.05, 3.63) is 90.3 Å². The Morgan fingerprint density at radius 2 is 1.63 bits per heavy atom. The summed E-state index contributed by atoms with van der Waals surface area (Å²) < 4.78 is 2.13. The number of nitrogens with one attached hydrogen (secondary N) is 1. The van der Waals surface area contributed by atoms with Crippen molar-refractivity contribution in [1.29, 1.82) is 0 Å². The van der Waals surface area contributed by atoms with Gasteiger partial charge in [0, 0.05) is 24.2 Å². The fourth-order valence-electron chi connectivity index (χ4n) is 3.19. The van der Waals surface area contributed by atoms with E-state index >= 15 is 0 Å². The van der Waals surface area contributed by atoms with Crippen LogP contribution in [0.1, 0.15) is 17.8 Å². The highest BCUT2D eigenvalue weighted by Gasteiger charge is 2.13. The molecule has 0 aliphatic rings. The minimum atomic E-state index is -0.00878. The molecule has 4 aromatic rings. The van der Waals surface area contributed by atoms with Crippen LogP contribution in [0, 0.1) is 6.92 Å². The molecule has 1 N–H and O–H groups in total. The SMILES string of the molecule is Cc1ccc(NC(=O)CCc2nc3ccccc3n2-c2ccccc2)cc1. The number of rotatable bonds is 5. The van der Waals surface area contributed by atoms with Gasteiger partial charge in [0.05, 0.1) is 11.0 Å². The number of anilines is 1. The number of aryl methyl sites for hydroxylation is 2. The highest BCUT2D eigenvalue weighted by molar-refractivity contribution is 5.90. The van der Waals surface area contributed by atoms with Crippen LogP contribution < -0.4 is 5.32 Å². The molecule has 134 valence electrons. The molecule has 1 heterocycles. The van der Waals surface area contributed by atoms with Crippen LogP contribution in [0.3, 0.4) is 0 Å². The van der Waals surface area contributed by atoms with Gasteiger partial charge in [0.2, 0.25) is 5.91 Å². The van der Waals surface area contributed by atoms with Gasteiger partial charge in [0.1, 0.15) is 5.82 Å². The van der Waals surface area contributed by atoms with Crippen molar-refractivity contribution >= 4 is 22.6 Å². The Morgan fingerprint density at radius 3 is 2.41 bits per heavy atom. The summed E-state index contributed by atoms with van der Waals surface area (Å²) in [6.45, 7) is 2.03. The Morgan fingerprint density at radius 1 is 0.926 bits per heavy atom. The average Bonchev–Trinajstić information content (AvgIpc) is 3.07. The van der Waals surface area contributed by atoms with E-state index in [9.17, 15) is 4.79 Å². The molecule has 0 saturated carbocycles. The van der Waals surface area contributed by atoms with Gasteiger partial charge in [0.25, 0.3) is 0 Å². The largest absolute Gasteiger partial charge is 0.326 e. The van der Waals surface area contributed by atoms with Crippen LogP contribution in [0.15, 0.2) is 78.9 Å². The first-order chi connectivity index (χ1) is 13.2. The van der Waals surface area contributed by atoms with Crippen LogP contribution in [-0.4, -0.2) is 15.5 Å². The monoisotopic (exact) mass is 355 g/mol. The molecule has 0 saturated heterocycles. The van der Waals surface area contributed by atoms with Gasteiger partial charge in [0.15, 0.2) is 0 Å². The number of nitrogens with zero attached hydrogens (tertiary/aromatic N) is 2. The van der Waals surface area contributed by atoms with E-state index in [4.69, 9.17) is 4.98 Å². The summed E-state index contributed by atoms with van der Waals surface area (Å²) in [7, 11) is 0. The van der Waals surface area contributed by atoms with Crippen molar-refractivity contribution in [1.82, 2.24) is 9.55 Å². The summed E-state index contributed by atoms with van der Waals surface area (Å²) in [5, 5.41) is 2.96. The zero-order valence-electron chi connectivity index (χ0n) is 15.2. The number of para-hydroxylation sites is 3. The van der Waals surface area contributed by atoms with E-state index in [1.165, 1.54) is 5.56 Å². The second-order valence-electron chi connectivity index (χ2n) is 6.60. The molecule has 4 rings (SSSR count). The topological polar surface area (TPSA) is 46.9 Å². The molecule has 0 fully saturated rings. The second-order valence-corrected chi connectivity index (χ2v) is 6.60. The Bertz CT molecular complexity index is 1070. The fraction of sp³-hybridized carbons (Fsp3) is 0.130. The van der Waals surface area contributed by atoms with Gasteiger partial charge in [-0.15, -0.1) is 0 Å². The van der Waals surface area contributed by atoms with E-state index in [1.807, 2.05) is 67.6 Å². The lowest BCUT2D eigenvalue weighted by atomic mass is 10.2. The number of fused-ring (bicyclic) bond motifs is 1. The van der Waals surface area contributed by atoms with Crippen LogP contribution in [0.4, 0.5) is 5.69 Å². The molecule has 3 aromatic carbocycles. The predicted octanol–water partition coefficient (Wildman–Crippen LogP) is 4.91. The molecule has 0 bridgehead atoms. The van der Waals surface area contributed by atoms with E-state index in [0.717, 1.165) is 28.2 Å². The van der Waals surface area contributed by atoms with Crippen LogP contribution in [-0.2, 0) is 11.2 Å². The van der Waals surface area contributed by atoms with E-state index < -0.39 is 0 Å². The van der Waals surface area contributed by atoms with E-state index in [-0.39, 0.29) is 5.91 Å². The summed E-state index contributed by atoms with van der Waals surface area (Å²) in [6, 6.07) is 26.0. The van der Waals surface area contributed by atoms with Gasteiger partial charge in [-0.1, -0.05) is 48.0 Å². The third-order valence-corrected chi connectivity index (χ3v) is 4.56. The molecule has 0 aliphatic heterocycles. The lowest BCUT2D eigenvalue weighted by molar-refractivity contribution is -0.116. The molecule has 4 heteroatoms. The fourth-order valence-corrected chi connectivity index (χ4v) is 3.19. The first-order valence-electron chi connectivity index (χ1n) is 9.09. The van der Waals surface area contributed by atoms with E-state index in [1.54, 1.807) is 0 Å². The van der Waals surface area contributed by atoms with Crippen molar-refractivity contribution in [2.45, 2.75) is 19.8 Å². The van der Waals surface area contributed by atoms with Crippen LogP contribution >= 0.6 is 0 Å². The molecule has 4 nitrogen and oxygen atoms in total. The van der Waals surface area contributed by atoms with Crippen LogP contribution in [0.5, 0.6) is 0 Å². The third-order valence-electron chi connectivity index (χ3n) is 4.56. The predicted molar refractivity (Wildman–Crippen MR) is 109 cm³/mol. The minimum Gasteiger partial charge on any atom is -0.326 e. The Labute approximate surface area is 158 Å². The number of amides is 1. The van der Waals surface area contributed by atoms with Gasteiger partial charge in [-0.25, -0.2) is 4.98 Å². The molecule has 27 heavy (non-hydrogen) atoms. The Kier molecular flexibility index (Phi) is 4.71. The Balaban J connectivity index is 1.57. The molecular formula is C23H21N3O. The van der Waals surface area contributed by atoms with Crippen molar-refractivity contribution in [2.75, 3.05) is 5.32 Å². The summed E-state index contributed by atoms with van der Waals surface area (Å²) in [6.07, 6.45) is 0.950. The number of carbonyl (C=O) groups excluding carboxylic acids is 1. The maximum atomic E-state index is 12.4. The number of benzene rings is 3. The van der Waals surface area contributed by atoms with Crippen molar-refractivity contribution in [2.24, 2.45) is 0 Å². The van der Waals surface area contributed by atoms with Gasteiger partial charge in [-0.2, -0.15) is 0 Å². The molecule has 0 atom stereocenters. The lowest BCUT2D eigenvalue weighted by Gasteiger charge is -2.10. The van der Waals surface area contributed by atoms with Crippen molar-refractivity contribution in [3.8, 4) is 5.69 Å². The third kappa shape index (κ3) is 3.75. The summed E-state index contributed by atoms with van der Waals surface area (Å²) in [5.41, 5.74) is 5.04. The number of aromatic nitrogens is 2. The van der Waals surface area contributed by atoms with Crippen LogP contribution in [0.2, 0.25) is 0 Å². The molecule has 0 aliphatic carbocycles.